The second-order valence-corrected chi connectivity index (χ2v) is 5.59. The number of aliphatic hydroxyl groups excluding tert-OH is 1. The lowest BCUT2D eigenvalue weighted by molar-refractivity contribution is -0.00914. The zero-order chi connectivity index (χ0) is 12.1. The maximum Gasteiger partial charge on any atom is 0.0586 e. The molecule has 0 bridgehead atoms. The predicted octanol–water partition coefficient (Wildman–Crippen LogP) is 0.459. The molecule has 2 rings (SSSR count). The summed E-state index contributed by atoms with van der Waals surface area (Å²) in [5, 5.41) is 12.7. The highest BCUT2D eigenvalue weighted by Crippen LogP contribution is 2.33. The minimum Gasteiger partial charge on any atom is -0.395 e. The monoisotopic (exact) mass is 242 g/mol. The van der Waals surface area contributed by atoms with Crippen LogP contribution in [0.25, 0.3) is 0 Å². The van der Waals surface area contributed by atoms with Crippen molar-refractivity contribution in [2.75, 3.05) is 46.5 Å². The summed E-state index contributed by atoms with van der Waals surface area (Å²) in [6.07, 6.45) is 4.67. The smallest absolute Gasteiger partial charge is 0.0586 e. The fraction of sp³-hybridized carbons (Fsp3) is 1.00. The van der Waals surface area contributed by atoms with Crippen LogP contribution in [0.2, 0.25) is 0 Å². The van der Waals surface area contributed by atoms with Gasteiger partial charge in [-0.2, -0.15) is 0 Å². The zero-order valence-corrected chi connectivity index (χ0v) is 11.0. The lowest BCUT2D eigenvalue weighted by atomic mass is 9.79. The Morgan fingerprint density at radius 1 is 1.41 bits per heavy atom. The van der Waals surface area contributed by atoms with Gasteiger partial charge in [0.05, 0.1) is 6.61 Å². The van der Waals surface area contributed by atoms with Gasteiger partial charge in [0, 0.05) is 32.3 Å². The summed E-state index contributed by atoms with van der Waals surface area (Å²) in [7, 11) is 2.03. The lowest BCUT2D eigenvalue weighted by Gasteiger charge is -2.41. The van der Waals surface area contributed by atoms with Crippen LogP contribution in [-0.4, -0.2) is 62.6 Å². The second kappa shape index (κ2) is 6.14. The van der Waals surface area contributed by atoms with E-state index in [9.17, 15) is 5.11 Å². The van der Waals surface area contributed by atoms with E-state index in [1.807, 2.05) is 7.05 Å². The Hall–Kier alpha value is -0.160. The number of aliphatic hydroxyl groups is 1. The van der Waals surface area contributed by atoms with Crippen molar-refractivity contribution in [2.24, 2.45) is 5.41 Å². The molecule has 4 nitrogen and oxygen atoms in total. The molecule has 2 heterocycles. The number of hydrogen-bond acceptors (Lipinski definition) is 4. The summed E-state index contributed by atoms with van der Waals surface area (Å²) < 4.78 is 5.49. The normalized spacial score (nSPS) is 29.6. The number of nitrogens with one attached hydrogen (secondary N) is 1. The van der Waals surface area contributed by atoms with E-state index in [2.05, 4.69) is 10.2 Å². The largest absolute Gasteiger partial charge is 0.395 e. The SMILES string of the molecule is CNCC1(CN2CCCC2CO)CCOCC1. The van der Waals surface area contributed by atoms with Gasteiger partial charge in [0.1, 0.15) is 0 Å². The van der Waals surface area contributed by atoms with Crippen LogP contribution in [0.3, 0.4) is 0 Å². The van der Waals surface area contributed by atoms with E-state index in [4.69, 9.17) is 4.74 Å². The number of nitrogens with zero attached hydrogens (tertiary/aromatic N) is 1. The highest BCUT2D eigenvalue weighted by Gasteiger charge is 2.36. The molecule has 1 unspecified atom stereocenters. The van der Waals surface area contributed by atoms with Crippen LogP contribution < -0.4 is 5.32 Å². The first-order valence-corrected chi connectivity index (χ1v) is 6.87. The van der Waals surface area contributed by atoms with E-state index < -0.39 is 0 Å². The highest BCUT2D eigenvalue weighted by atomic mass is 16.5. The third kappa shape index (κ3) is 3.19. The molecule has 0 saturated carbocycles. The van der Waals surface area contributed by atoms with E-state index in [-0.39, 0.29) is 0 Å². The Balaban J connectivity index is 1.96. The highest BCUT2D eigenvalue weighted by molar-refractivity contribution is 4.90. The van der Waals surface area contributed by atoms with Gasteiger partial charge in [-0.05, 0) is 44.7 Å². The third-order valence-electron chi connectivity index (χ3n) is 4.35. The molecule has 1 atom stereocenters. The molecule has 2 aliphatic rings. The maximum absolute atomic E-state index is 9.40. The van der Waals surface area contributed by atoms with Gasteiger partial charge in [0.2, 0.25) is 0 Å². The Labute approximate surface area is 104 Å². The van der Waals surface area contributed by atoms with Crippen molar-refractivity contribution in [1.29, 1.82) is 0 Å². The molecule has 0 radical (unpaired) electrons. The van der Waals surface area contributed by atoms with E-state index in [0.29, 0.717) is 18.1 Å². The van der Waals surface area contributed by atoms with Crippen LogP contribution in [0.4, 0.5) is 0 Å². The average Bonchev–Trinajstić information content (AvgIpc) is 2.77. The number of hydrogen-bond donors (Lipinski definition) is 2. The summed E-state index contributed by atoms with van der Waals surface area (Å²) in [5.41, 5.74) is 0.352. The van der Waals surface area contributed by atoms with Crippen LogP contribution in [-0.2, 0) is 4.74 Å². The molecule has 0 aliphatic carbocycles. The van der Waals surface area contributed by atoms with Crippen molar-refractivity contribution in [3.8, 4) is 0 Å². The van der Waals surface area contributed by atoms with Crippen molar-refractivity contribution < 1.29 is 9.84 Å². The van der Waals surface area contributed by atoms with Crippen LogP contribution in [0.15, 0.2) is 0 Å². The molecule has 2 fully saturated rings. The van der Waals surface area contributed by atoms with Crippen LogP contribution in [0, 0.1) is 5.41 Å². The van der Waals surface area contributed by atoms with Crippen molar-refractivity contribution in [1.82, 2.24) is 10.2 Å². The number of rotatable bonds is 5. The topological polar surface area (TPSA) is 44.7 Å². The first-order chi connectivity index (χ1) is 8.29. The van der Waals surface area contributed by atoms with Gasteiger partial charge in [0.15, 0.2) is 0 Å². The third-order valence-corrected chi connectivity index (χ3v) is 4.35. The predicted molar refractivity (Wildman–Crippen MR) is 68.1 cm³/mol. The Morgan fingerprint density at radius 3 is 2.82 bits per heavy atom. The number of likely N-dealkylation sites (tertiary alicyclic amines) is 1. The van der Waals surface area contributed by atoms with Gasteiger partial charge >= 0.3 is 0 Å². The van der Waals surface area contributed by atoms with Crippen LogP contribution in [0.1, 0.15) is 25.7 Å². The molecular formula is C13H26N2O2. The molecule has 100 valence electrons. The molecular weight excluding hydrogens is 216 g/mol. The molecule has 0 aromatic rings. The number of ether oxygens (including phenoxy) is 1. The summed E-state index contributed by atoms with van der Waals surface area (Å²) in [6, 6.07) is 0.395. The molecule has 0 aromatic heterocycles. The molecule has 17 heavy (non-hydrogen) atoms. The lowest BCUT2D eigenvalue weighted by Crippen LogP contribution is -2.48. The quantitative estimate of drug-likeness (QED) is 0.735. The van der Waals surface area contributed by atoms with Crippen LogP contribution in [0.5, 0.6) is 0 Å². The molecule has 2 saturated heterocycles. The van der Waals surface area contributed by atoms with E-state index in [0.717, 1.165) is 52.1 Å². The second-order valence-electron chi connectivity index (χ2n) is 5.59. The first-order valence-electron chi connectivity index (χ1n) is 6.87. The van der Waals surface area contributed by atoms with E-state index in [1.165, 1.54) is 6.42 Å². The van der Waals surface area contributed by atoms with Gasteiger partial charge in [-0.15, -0.1) is 0 Å². The summed E-state index contributed by atoms with van der Waals surface area (Å²) in [5.74, 6) is 0. The van der Waals surface area contributed by atoms with Gasteiger partial charge in [-0.25, -0.2) is 0 Å². The van der Waals surface area contributed by atoms with Gasteiger partial charge in [0.25, 0.3) is 0 Å². The fourth-order valence-corrected chi connectivity index (χ4v) is 3.31. The van der Waals surface area contributed by atoms with Crippen molar-refractivity contribution in [2.45, 2.75) is 31.7 Å². The molecule has 0 aromatic carbocycles. The standard InChI is InChI=1S/C13H26N2O2/c1-14-10-13(4-7-17-8-5-13)11-15-6-2-3-12(15)9-16/h12,14,16H,2-11H2,1H3. The first kappa shape index (κ1) is 13.3. The molecule has 0 spiro atoms. The van der Waals surface area contributed by atoms with Gasteiger partial charge in [-0.1, -0.05) is 0 Å². The maximum atomic E-state index is 9.40. The Kier molecular flexibility index (Phi) is 4.79. The Morgan fingerprint density at radius 2 is 2.18 bits per heavy atom. The molecule has 2 aliphatic heterocycles. The van der Waals surface area contributed by atoms with Crippen LogP contribution >= 0.6 is 0 Å². The Bertz CT molecular complexity index is 224. The minimum absolute atomic E-state index is 0.312. The average molecular weight is 242 g/mol. The van der Waals surface area contributed by atoms with E-state index in [1.54, 1.807) is 0 Å². The fourth-order valence-electron chi connectivity index (χ4n) is 3.31. The molecule has 0 amide bonds. The van der Waals surface area contributed by atoms with Gasteiger partial charge in [-0.3, -0.25) is 4.90 Å². The summed E-state index contributed by atoms with van der Waals surface area (Å²) >= 11 is 0. The van der Waals surface area contributed by atoms with Crippen molar-refractivity contribution in [3.63, 3.8) is 0 Å². The van der Waals surface area contributed by atoms with Gasteiger partial charge < -0.3 is 15.2 Å². The minimum atomic E-state index is 0.312. The molecule has 4 heteroatoms. The summed E-state index contributed by atoms with van der Waals surface area (Å²) in [4.78, 5) is 2.49. The zero-order valence-electron chi connectivity index (χ0n) is 11.0. The van der Waals surface area contributed by atoms with E-state index >= 15 is 0 Å². The van der Waals surface area contributed by atoms with Crippen molar-refractivity contribution >= 4 is 0 Å². The van der Waals surface area contributed by atoms with Crippen molar-refractivity contribution in [3.05, 3.63) is 0 Å². The summed E-state index contributed by atoms with van der Waals surface area (Å²) in [6.45, 7) is 5.41. The molecule has 2 N–H and O–H groups in total.